The lowest BCUT2D eigenvalue weighted by atomic mass is 10.2. The SMILES string of the molecule is Sc1nccc2c1=CCCN=2. The van der Waals surface area contributed by atoms with Crippen LogP contribution in [0, 0.1) is 0 Å². The van der Waals surface area contributed by atoms with E-state index >= 15 is 0 Å². The van der Waals surface area contributed by atoms with Gasteiger partial charge in [0.05, 0.1) is 5.36 Å². The summed E-state index contributed by atoms with van der Waals surface area (Å²) in [6.07, 6.45) is 4.88. The van der Waals surface area contributed by atoms with Gasteiger partial charge in [0.2, 0.25) is 0 Å². The molecule has 3 heteroatoms. The molecule has 0 atom stereocenters. The molecule has 0 N–H and O–H groups in total. The van der Waals surface area contributed by atoms with E-state index in [4.69, 9.17) is 0 Å². The summed E-state index contributed by atoms with van der Waals surface area (Å²) in [5.74, 6) is 0. The summed E-state index contributed by atoms with van der Waals surface area (Å²) in [6.45, 7) is 0.893. The number of thiol groups is 1. The summed E-state index contributed by atoms with van der Waals surface area (Å²) in [5.41, 5.74) is 0. The molecular weight excluding hydrogens is 156 g/mol. The number of fused-ring (bicyclic) bond motifs is 1. The van der Waals surface area contributed by atoms with Crippen LogP contribution >= 0.6 is 12.6 Å². The molecule has 0 aliphatic carbocycles. The first-order valence-electron chi connectivity index (χ1n) is 3.56. The van der Waals surface area contributed by atoms with Gasteiger partial charge in [0.25, 0.3) is 0 Å². The lowest BCUT2D eigenvalue weighted by molar-refractivity contribution is 0.925. The van der Waals surface area contributed by atoms with Crippen LogP contribution in [0.15, 0.2) is 22.3 Å². The molecule has 1 aliphatic heterocycles. The standard InChI is InChI=1S/C8H8N2S/c11-8-6-2-1-4-9-7(6)3-5-10-8/h2-3,5H,1,4H2,(H,10,11). The Kier molecular flexibility index (Phi) is 1.66. The number of nitrogens with zero attached hydrogens (tertiary/aromatic N) is 2. The first-order chi connectivity index (χ1) is 5.38. The van der Waals surface area contributed by atoms with Crippen molar-refractivity contribution in [3.05, 3.63) is 22.8 Å². The van der Waals surface area contributed by atoms with E-state index in [1.54, 1.807) is 6.20 Å². The molecule has 2 nitrogen and oxygen atoms in total. The third-order valence-electron chi connectivity index (χ3n) is 1.71. The molecule has 11 heavy (non-hydrogen) atoms. The Labute approximate surface area is 70.1 Å². The predicted molar refractivity (Wildman–Crippen MR) is 46.2 cm³/mol. The minimum absolute atomic E-state index is 0.783. The summed E-state index contributed by atoms with van der Waals surface area (Å²) in [6, 6.07) is 1.92. The van der Waals surface area contributed by atoms with E-state index < -0.39 is 0 Å². The maximum absolute atomic E-state index is 4.33. The highest BCUT2D eigenvalue weighted by Gasteiger charge is 1.96. The second-order valence-corrected chi connectivity index (χ2v) is 2.87. The molecule has 0 amide bonds. The molecule has 1 aromatic rings. The molecule has 2 rings (SSSR count). The average molecular weight is 164 g/mol. The van der Waals surface area contributed by atoms with Crippen molar-refractivity contribution in [3.63, 3.8) is 0 Å². The molecule has 0 saturated carbocycles. The maximum atomic E-state index is 4.33. The lowest BCUT2D eigenvalue weighted by Crippen LogP contribution is -2.30. The fourth-order valence-electron chi connectivity index (χ4n) is 1.18. The van der Waals surface area contributed by atoms with Crippen LogP contribution in [0.2, 0.25) is 0 Å². The first kappa shape index (κ1) is 6.85. The zero-order chi connectivity index (χ0) is 7.68. The van der Waals surface area contributed by atoms with E-state index in [1.807, 2.05) is 6.07 Å². The van der Waals surface area contributed by atoms with E-state index in [9.17, 15) is 0 Å². The van der Waals surface area contributed by atoms with Crippen LogP contribution < -0.4 is 10.6 Å². The number of rotatable bonds is 0. The Morgan fingerprint density at radius 2 is 2.36 bits per heavy atom. The van der Waals surface area contributed by atoms with E-state index in [1.165, 1.54) is 0 Å². The van der Waals surface area contributed by atoms with Gasteiger partial charge in [-0.2, -0.15) is 0 Å². The number of aromatic nitrogens is 1. The van der Waals surface area contributed by atoms with E-state index in [0.29, 0.717) is 0 Å². The van der Waals surface area contributed by atoms with Crippen molar-refractivity contribution in [2.24, 2.45) is 4.99 Å². The smallest absolute Gasteiger partial charge is 0.102 e. The van der Waals surface area contributed by atoms with Crippen molar-refractivity contribution in [2.45, 2.75) is 11.4 Å². The largest absolute Gasteiger partial charge is 0.284 e. The van der Waals surface area contributed by atoms with Crippen LogP contribution in [0.3, 0.4) is 0 Å². The molecular formula is C8H8N2S. The quantitative estimate of drug-likeness (QED) is 0.543. The Morgan fingerprint density at radius 1 is 1.45 bits per heavy atom. The van der Waals surface area contributed by atoms with Crippen LogP contribution in [0.25, 0.3) is 6.08 Å². The van der Waals surface area contributed by atoms with Crippen molar-refractivity contribution in [1.29, 1.82) is 0 Å². The number of pyridine rings is 1. The molecule has 0 fully saturated rings. The second kappa shape index (κ2) is 2.66. The Morgan fingerprint density at radius 3 is 3.18 bits per heavy atom. The molecule has 0 bridgehead atoms. The van der Waals surface area contributed by atoms with Crippen molar-refractivity contribution >= 4 is 18.7 Å². The minimum atomic E-state index is 0.783. The van der Waals surface area contributed by atoms with Crippen LogP contribution in [0.1, 0.15) is 6.42 Å². The van der Waals surface area contributed by atoms with Crippen molar-refractivity contribution in [3.8, 4) is 0 Å². The first-order valence-corrected chi connectivity index (χ1v) is 4.01. The fraction of sp³-hybridized carbons (Fsp3) is 0.250. The monoisotopic (exact) mass is 164 g/mol. The summed E-state index contributed by atoms with van der Waals surface area (Å²) in [4.78, 5) is 8.40. The maximum Gasteiger partial charge on any atom is 0.102 e. The fourth-order valence-corrected chi connectivity index (χ4v) is 1.45. The molecule has 56 valence electrons. The van der Waals surface area contributed by atoms with Crippen molar-refractivity contribution in [1.82, 2.24) is 4.98 Å². The third-order valence-corrected chi connectivity index (χ3v) is 2.06. The van der Waals surface area contributed by atoms with Crippen LogP contribution in [0.5, 0.6) is 0 Å². The van der Waals surface area contributed by atoms with Gasteiger partial charge in [-0.25, -0.2) is 4.98 Å². The third kappa shape index (κ3) is 1.16. The molecule has 0 spiro atoms. The van der Waals surface area contributed by atoms with Gasteiger partial charge in [-0.15, -0.1) is 12.6 Å². The summed E-state index contributed by atoms with van der Waals surface area (Å²) in [7, 11) is 0. The number of hydrogen-bond donors (Lipinski definition) is 1. The molecule has 2 heterocycles. The van der Waals surface area contributed by atoms with Crippen molar-refractivity contribution < 1.29 is 0 Å². The molecule has 0 radical (unpaired) electrons. The lowest BCUT2D eigenvalue weighted by Gasteiger charge is -1.99. The highest BCUT2D eigenvalue weighted by atomic mass is 32.1. The highest BCUT2D eigenvalue weighted by Crippen LogP contribution is 1.92. The summed E-state index contributed by atoms with van der Waals surface area (Å²) >= 11 is 4.23. The van der Waals surface area contributed by atoms with Crippen LogP contribution in [-0.2, 0) is 0 Å². The highest BCUT2D eigenvalue weighted by molar-refractivity contribution is 7.80. The van der Waals surface area contributed by atoms with Gasteiger partial charge in [-0.3, -0.25) is 4.99 Å². The zero-order valence-corrected chi connectivity index (χ0v) is 6.88. The van der Waals surface area contributed by atoms with Gasteiger partial charge >= 0.3 is 0 Å². The minimum Gasteiger partial charge on any atom is -0.284 e. The summed E-state index contributed by atoms with van der Waals surface area (Å²) in [5, 5.41) is 2.89. The summed E-state index contributed by atoms with van der Waals surface area (Å²) < 4.78 is 0. The van der Waals surface area contributed by atoms with Crippen LogP contribution in [0.4, 0.5) is 0 Å². The van der Waals surface area contributed by atoms with Gasteiger partial charge in [0.15, 0.2) is 0 Å². The van der Waals surface area contributed by atoms with Gasteiger partial charge in [0.1, 0.15) is 5.03 Å². The van der Waals surface area contributed by atoms with E-state index in [0.717, 1.165) is 28.6 Å². The van der Waals surface area contributed by atoms with Gasteiger partial charge < -0.3 is 0 Å². The average Bonchev–Trinajstić information content (AvgIpc) is 2.06. The van der Waals surface area contributed by atoms with Gasteiger partial charge in [-0.05, 0) is 12.5 Å². The number of hydrogen-bond acceptors (Lipinski definition) is 3. The Balaban J connectivity index is 2.88. The normalized spacial score (nSPS) is 14.6. The van der Waals surface area contributed by atoms with Crippen LogP contribution in [-0.4, -0.2) is 11.5 Å². The van der Waals surface area contributed by atoms with E-state index in [2.05, 4.69) is 28.7 Å². The zero-order valence-electron chi connectivity index (χ0n) is 5.99. The molecule has 0 saturated heterocycles. The second-order valence-electron chi connectivity index (χ2n) is 2.44. The van der Waals surface area contributed by atoms with Crippen molar-refractivity contribution in [2.75, 3.05) is 6.54 Å². The van der Waals surface area contributed by atoms with Gasteiger partial charge in [-0.1, -0.05) is 6.08 Å². The Bertz CT molecular complexity index is 384. The predicted octanol–water partition coefficient (Wildman–Crippen LogP) is 0.174. The van der Waals surface area contributed by atoms with E-state index in [-0.39, 0.29) is 0 Å². The molecule has 1 aromatic heterocycles. The molecule has 1 aliphatic rings. The Hall–Kier alpha value is -0.830. The molecule has 0 aromatic carbocycles. The topological polar surface area (TPSA) is 25.2 Å². The van der Waals surface area contributed by atoms with Gasteiger partial charge in [0, 0.05) is 18.0 Å². The molecule has 0 unspecified atom stereocenters.